The smallest absolute Gasteiger partial charge is 0.191 e. The van der Waals surface area contributed by atoms with Crippen molar-refractivity contribution in [1.29, 1.82) is 0 Å². The van der Waals surface area contributed by atoms with Crippen molar-refractivity contribution in [2.24, 2.45) is 5.73 Å². The van der Waals surface area contributed by atoms with Crippen LogP contribution in [0.25, 0.3) is 0 Å². The van der Waals surface area contributed by atoms with Crippen LogP contribution in [0.1, 0.15) is 24.3 Å². The van der Waals surface area contributed by atoms with Gasteiger partial charge in [0.15, 0.2) is 17.3 Å². The number of aryl methyl sites for hydroxylation is 2. The summed E-state index contributed by atoms with van der Waals surface area (Å²) in [7, 11) is 0. The average molecular weight is 172 g/mol. The van der Waals surface area contributed by atoms with E-state index in [2.05, 4.69) is 4.98 Å². The molecule has 1 aromatic rings. The zero-order valence-electron chi connectivity index (χ0n) is 7.52. The van der Waals surface area contributed by atoms with Gasteiger partial charge in [0.25, 0.3) is 0 Å². The molecule has 0 aliphatic rings. The fraction of sp³-hybridized carbons (Fsp3) is 0.625. The highest BCUT2D eigenvalue weighted by molar-refractivity contribution is 5.15. The molecule has 0 bridgehead atoms. The lowest BCUT2D eigenvalue weighted by Crippen LogP contribution is -2.26. The Labute approximate surface area is 70.8 Å². The molecule has 12 heavy (non-hydrogen) atoms. The van der Waals surface area contributed by atoms with Crippen LogP contribution in [0.5, 0.6) is 0 Å². The maximum atomic E-state index is 13.6. The van der Waals surface area contributed by atoms with Crippen LogP contribution in [0.2, 0.25) is 0 Å². The summed E-state index contributed by atoms with van der Waals surface area (Å²) in [5, 5.41) is 0. The molecule has 1 rings (SSSR count). The predicted molar refractivity (Wildman–Crippen MR) is 43.5 cm³/mol. The second kappa shape index (κ2) is 2.86. The van der Waals surface area contributed by atoms with Crippen LogP contribution in [0.4, 0.5) is 4.39 Å². The molecule has 0 saturated carbocycles. The van der Waals surface area contributed by atoms with E-state index in [1.54, 1.807) is 13.8 Å². The Morgan fingerprint density at radius 1 is 1.58 bits per heavy atom. The molecule has 0 aliphatic carbocycles. The van der Waals surface area contributed by atoms with Crippen LogP contribution in [-0.4, -0.2) is 11.5 Å². The summed E-state index contributed by atoms with van der Waals surface area (Å²) in [6.07, 6.45) is 0. The second-order valence-electron chi connectivity index (χ2n) is 3.05. The molecule has 1 atom stereocenters. The van der Waals surface area contributed by atoms with Gasteiger partial charge in [-0.3, -0.25) is 0 Å². The third-order valence-electron chi connectivity index (χ3n) is 1.76. The van der Waals surface area contributed by atoms with E-state index in [1.807, 2.05) is 0 Å². The third kappa shape index (κ3) is 1.48. The van der Waals surface area contributed by atoms with Crippen molar-refractivity contribution < 1.29 is 8.81 Å². The molecule has 2 N–H and O–H groups in total. The molecule has 1 aromatic heterocycles. The summed E-state index contributed by atoms with van der Waals surface area (Å²) >= 11 is 0. The van der Waals surface area contributed by atoms with Gasteiger partial charge in [0.1, 0.15) is 0 Å². The first-order chi connectivity index (χ1) is 5.47. The van der Waals surface area contributed by atoms with Crippen LogP contribution >= 0.6 is 0 Å². The molecule has 0 fully saturated rings. The van der Waals surface area contributed by atoms with Gasteiger partial charge in [-0.05, 0) is 13.8 Å². The molecule has 0 aliphatic heterocycles. The van der Waals surface area contributed by atoms with E-state index >= 15 is 0 Å². The number of oxazole rings is 1. The Bertz CT molecular complexity index is 281. The SMILES string of the molecule is Cc1nc(C)c(C(C)(F)CN)o1. The van der Waals surface area contributed by atoms with Gasteiger partial charge in [-0.2, -0.15) is 0 Å². The van der Waals surface area contributed by atoms with Crippen molar-refractivity contribution in [3.8, 4) is 0 Å². The van der Waals surface area contributed by atoms with Gasteiger partial charge in [0, 0.05) is 13.5 Å². The minimum Gasteiger partial charge on any atom is -0.442 e. The zero-order chi connectivity index (χ0) is 9.35. The van der Waals surface area contributed by atoms with Gasteiger partial charge in [0.2, 0.25) is 0 Å². The molecule has 0 aromatic carbocycles. The highest BCUT2D eigenvalue weighted by Crippen LogP contribution is 2.27. The number of nitrogens with zero attached hydrogens (tertiary/aromatic N) is 1. The van der Waals surface area contributed by atoms with Gasteiger partial charge in [0.05, 0.1) is 5.69 Å². The van der Waals surface area contributed by atoms with E-state index in [0.29, 0.717) is 11.6 Å². The Kier molecular flexibility index (Phi) is 2.19. The quantitative estimate of drug-likeness (QED) is 0.734. The standard InChI is InChI=1S/C8H13FN2O/c1-5-7(8(3,9)4-10)12-6(2)11-5/h4,10H2,1-3H3. The van der Waals surface area contributed by atoms with Crippen molar-refractivity contribution in [3.05, 3.63) is 17.3 Å². The summed E-state index contributed by atoms with van der Waals surface area (Å²) in [6.45, 7) is 4.69. The number of alkyl halides is 1. The molecular weight excluding hydrogens is 159 g/mol. The number of rotatable bonds is 2. The number of hydrogen-bond acceptors (Lipinski definition) is 3. The lowest BCUT2D eigenvalue weighted by atomic mass is 10.1. The highest BCUT2D eigenvalue weighted by Gasteiger charge is 2.30. The van der Waals surface area contributed by atoms with Crippen LogP contribution < -0.4 is 5.73 Å². The maximum Gasteiger partial charge on any atom is 0.191 e. The van der Waals surface area contributed by atoms with Crippen molar-refractivity contribution in [3.63, 3.8) is 0 Å². The number of halogens is 1. The number of hydrogen-bond donors (Lipinski definition) is 1. The molecule has 4 heteroatoms. The minimum absolute atomic E-state index is 0.0948. The van der Waals surface area contributed by atoms with E-state index < -0.39 is 5.67 Å². The van der Waals surface area contributed by atoms with Crippen LogP contribution in [0.3, 0.4) is 0 Å². The van der Waals surface area contributed by atoms with Gasteiger partial charge in [-0.25, -0.2) is 9.37 Å². The zero-order valence-corrected chi connectivity index (χ0v) is 7.52. The van der Waals surface area contributed by atoms with E-state index in [0.717, 1.165) is 0 Å². The molecule has 3 nitrogen and oxygen atoms in total. The molecule has 0 radical (unpaired) electrons. The predicted octanol–water partition coefficient (Wildman–Crippen LogP) is 1.43. The first kappa shape index (κ1) is 9.19. The molecule has 0 spiro atoms. The normalized spacial score (nSPS) is 16.1. The van der Waals surface area contributed by atoms with Gasteiger partial charge >= 0.3 is 0 Å². The van der Waals surface area contributed by atoms with E-state index in [4.69, 9.17) is 10.2 Å². The fourth-order valence-electron chi connectivity index (χ4n) is 1.11. The molecule has 68 valence electrons. The average Bonchev–Trinajstić information content (AvgIpc) is 2.31. The fourth-order valence-corrected chi connectivity index (χ4v) is 1.11. The van der Waals surface area contributed by atoms with Gasteiger partial charge < -0.3 is 10.2 Å². The van der Waals surface area contributed by atoms with Gasteiger partial charge in [-0.1, -0.05) is 0 Å². The summed E-state index contributed by atoms with van der Waals surface area (Å²) in [4.78, 5) is 3.96. The van der Waals surface area contributed by atoms with Crippen molar-refractivity contribution in [1.82, 2.24) is 4.98 Å². The van der Waals surface area contributed by atoms with Crippen LogP contribution in [-0.2, 0) is 5.67 Å². The van der Waals surface area contributed by atoms with Crippen molar-refractivity contribution in [2.45, 2.75) is 26.4 Å². The molecule has 1 unspecified atom stereocenters. The highest BCUT2D eigenvalue weighted by atomic mass is 19.1. The minimum atomic E-state index is -1.61. The molecule has 1 heterocycles. The van der Waals surface area contributed by atoms with E-state index in [9.17, 15) is 4.39 Å². The largest absolute Gasteiger partial charge is 0.442 e. The second-order valence-corrected chi connectivity index (χ2v) is 3.05. The monoisotopic (exact) mass is 172 g/mol. The molecular formula is C8H13FN2O. The third-order valence-corrected chi connectivity index (χ3v) is 1.76. The van der Waals surface area contributed by atoms with Crippen LogP contribution in [0, 0.1) is 13.8 Å². The van der Waals surface area contributed by atoms with Gasteiger partial charge in [-0.15, -0.1) is 0 Å². The first-order valence-electron chi connectivity index (χ1n) is 3.81. The number of nitrogens with two attached hydrogens (primary N) is 1. The lowest BCUT2D eigenvalue weighted by Gasteiger charge is -2.14. The van der Waals surface area contributed by atoms with E-state index in [1.165, 1.54) is 6.92 Å². The Balaban J connectivity index is 3.09. The summed E-state index contributed by atoms with van der Waals surface area (Å²) in [6, 6.07) is 0. The summed E-state index contributed by atoms with van der Waals surface area (Å²) in [5.41, 5.74) is 4.22. The summed E-state index contributed by atoms with van der Waals surface area (Å²) in [5.74, 6) is 0.710. The topological polar surface area (TPSA) is 52.0 Å². The lowest BCUT2D eigenvalue weighted by molar-refractivity contribution is 0.160. The Hall–Kier alpha value is -0.900. The summed E-state index contributed by atoms with van der Waals surface area (Å²) < 4.78 is 18.7. The number of aromatic nitrogens is 1. The van der Waals surface area contributed by atoms with Crippen LogP contribution in [0.15, 0.2) is 4.42 Å². The Morgan fingerprint density at radius 2 is 2.17 bits per heavy atom. The maximum absolute atomic E-state index is 13.6. The van der Waals surface area contributed by atoms with Crippen molar-refractivity contribution >= 4 is 0 Å². The van der Waals surface area contributed by atoms with E-state index in [-0.39, 0.29) is 12.3 Å². The first-order valence-corrected chi connectivity index (χ1v) is 3.81. The van der Waals surface area contributed by atoms with Crippen molar-refractivity contribution in [2.75, 3.05) is 6.54 Å². The molecule has 0 saturated heterocycles. The Morgan fingerprint density at radius 3 is 2.50 bits per heavy atom. The molecule has 0 amide bonds.